The first kappa shape index (κ1) is 26.8. The molecule has 0 unspecified atom stereocenters. The molecule has 1 saturated heterocycles. The molecular formula is C28H27F2N3O5S. The minimum absolute atomic E-state index is 0.0974. The van der Waals surface area contributed by atoms with E-state index in [0.717, 1.165) is 17.0 Å². The van der Waals surface area contributed by atoms with Gasteiger partial charge in [-0.3, -0.25) is 14.4 Å². The van der Waals surface area contributed by atoms with E-state index in [1.165, 1.54) is 17.4 Å². The van der Waals surface area contributed by atoms with Gasteiger partial charge in [-0.1, -0.05) is 12.1 Å². The molecule has 3 aromatic rings. The van der Waals surface area contributed by atoms with E-state index in [9.17, 15) is 23.2 Å². The Morgan fingerprint density at radius 2 is 1.85 bits per heavy atom. The Balaban J connectivity index is 1.23. The average molecular weight is 556 g/mol. The lowest BCUT2D eigenvalue weighted by molar-refractivity contribution is -0.130. The number of likely N-dealkylation sites (N-methyl/N-ethyl adjacent to an activating group) is 1. The van der Waals surface area contributed by atoms with E-state index in [-0.39, 0.29) is 37.3 Å². The van der Waals surface area contributed by atoms with Crippen molar-refractivity contribution in [3.05, 3.63) is 76.0 Å². The molecule has 39 heavy (non-hydrogen) atoms. The Kier molecular flexibility index (Phi) is 7.89. The first-order valence-electron chi connectivity index (χ1n) is 12.5. The lowest BCUT2D eigenvalue weighted by atomic mass is 9.94. The predicted octanol–water partition coefficient (Wildman–Crippen LogP) is 4.62. The molecule has 3 amide bonds. The van der Waals surface area contributed by atoms with Crippen LogP contribution in [0.3, 0.4) is 0 Å². The number of hydrogen-bond acceptors (Lipinski definition) is 6. The van der Waals surface area contributed by atoms with Crippen LogP contribution in [0.1, 0.15) is 34.5 Å². The molecule has 0 saturated carbocycles. The highest BCUT2D eigenvalue weighted by Gasteiger charge is 2.39. The first-order valence-corrected chi connectivity index (χ1v) is 13.4. The number of carbonyl (C=O) groups is 3. The number of fused-ring (bicyclic) bond motifs is 2. The van der Waals surface area contributed by atoms with Crippen molar-refractivity contribution in [2.75, 3.05) is 24.3 Å². The largest absolute Gasteiger partial charge is 0.490 e. The number of amides is 3. The summed E-state index contributed by atoms with van der Waals surface area (Å²) in [6, 6.07) is 11.8. The number of rotatable bonds is 6. The number of ether oxygens (including phenoxy) is 2. The summed E-state index contributed by atoms with van der Waals surface area (Å²) < 4.78 is 39.9. The monoisotopic (exact) mass is 555 g/mol. The van der Waals surface area contributed by atoms with E-state index in [0.29, 0.717) is 29.8 Å². The average Bonchev–Trinajstić information content (AvgIpc) is 3.41. The van der Waals surface area contributed by atoms with E-state index in [2.05, 4.69) is 10.6 Å². The molecule has 2 aliphatic heterocycles. The van der Waals surface area contributed by atoms with Gasteiger partial charge in [0.2, 0.25) is 11.8 Å². The van der Waals surface area contributed by atoms with Gasteiger partial charge in [-0.15, -0.1) is 11.3 Å². The van der Waals surface area contributed by atoms with Gasteiger partial charge < -0.3 is 25.0 Å². The summed E-state index contributed by atoms with van der Waals surface area (Å²) in [5.74, 6) is -2.38. The number of nitrogens with zero attached hydrogens (tertiary/aromatic N) is 1. The van der Waals surface area contributed by atoms with Gasteiger partial charge in [0.1, 0.15) is 35.8 Å². The van der Waals surface area contributed by atoms with Crippen LogP contribution < -0.4 is 15.4 Å². The zero-order valence-corrected chi connectivity index (χ0v) is 21.9. The molecule has 0 bridgehead atoms. The summed E-state index contributed by atoms with van der Waals surface area (Å²) in [7, 11) is 1.69. The highest BCUT2D eigenvalue weighted by atomic mass is 32.1. The minimum atomic E-state index is -0.856. The van der Waals surface area contributed by atoms with Crippen molar-refractivity contribution in [3.63, 3.8) is 0 Å². The van der Waals surface area contributed by atoms with Gasteiger partial charge in [0.25, 0.3) is 5.91 Å². The van der Waals surface area contributed by atoms with Crippen molar-refractivity contribution in [2.45, 2.75) is 43.9 Å². The predicted molar refractivity (Wildman–Crippen MR) is 142 cm³/mol. The number of carbonyl (C=O) groups excluding carboxylic acids is 3. The molecule has 0 spiro atoms. The van der Waals surface area contributed by atoms with Crippen molar-refractivity contribution in [2.24, 2.45) is 0 Å². The van der Waals surface area contributed by atoms with E-state index >= 15 is 0 Å². The fourth-order valence-corrected chi connectivity index (χ4v) is 5.60. The summed E-state index contributed by atoms with van der Waals surface area (Å²) in [6.07, 6.45) is 0.156. The first-order chi connectivity index (χ1) is 18.8. The van der Waals surface area contributed by atoms with Crippen LogP contribution >= 0.6 is 11.3 Å². The molecule has 204 valence electrons. The quantitative estimate of drug-likeness (QED) is 0.463. The Hall–Kier alpha value is -3.83. The van der Waals surface area contributed by atoms with Crippen molar-refractivity contribution in [1.82, 2.24) is 4.90 Å². The molecule has 1 fully saturated rings. The van der Waals surface area contributed by atoms with E-state index in [1.54, 1.807) is 30.1 Å². The fourth-order valence-electron chi connectivity index (χ4n) is 4.90. The summed E-state index contributed by atoms with van der Waals surface area (Å²) in [5, 5.41) is 7.03. The number of thiophene rings is 1. The van der Waals surface area contributed by atoms with Crippen LogP contribution in [0, 0.1) is 11.6 Å². The Morgan fingerprint density at radius 1 is 1.05 bits per heavy atom. The van der Waals surface area contributed by atoms with E-state index in [4.69, 9.17) is 9.47 Å². The topological polar surface area (TPSA) is 97.0 Å². The second kappa shape index (κ2) is 11.5. The Bertz CT molecular complexity index is 1360. The lowest BCUT2D eigenvalue weighted by Crippen LogP contribution is -2.53. The number of halogens is 2. The highest BCUT2D eigenvalue weighted by Crippen LogP contribution is 2.33. The molecular weight excluding hydrogens is 528 g/mol. The number of anilines is 2. The third-order valence-corrected chi connectivity index (χ3v) is 7.73. The molecule has 11 heteroatoms. The van der Waals surface area contributed by atoms with Crippen molar-refractivity contribution in [3.8, 4) is 5.75 Å². The van der Waals surface area contributed by atoms with Crippen LogP contribution in [0.15, 0.2) is 53.9 Å². The van der Waals surface area contributed by atoms with Crippen LogP contribution in [0.4, 0.5) is 20.2 Å². The molecule has 0 radical (unpaired) electrons. The molecule has 3 atom stereocenters. The molecule has 8 nitrogen and oxygen atoms in total. The SMILES string of the molecule is CN1C(=O)c2cc(NC(=O)Cc3cccs3)ccc2OC[C@H]2O[C@@H](CC(=O)Nc3c(F)cccc3F)CC[C@@H]21. The Labute approximate surface area is 227 Å². The molecule has 5 rings (SSSR count). The maximum atomic E-state index is 13.9. The smallest absolute Gasteiger partial charge is 0.257 e. The minimum Gasteiger partial charge on any atom is -0.490 e. The molecule has 1 aromatic heterocycles. The van der Waals surface area contributed by atoms with Crippen LogP contribution in [-0.2, 0) is 20.7 Å². The van der Waals surface area contributed by atoms with Crippen molar-refractivity contribution < 1.29 is 32.6 Å². The number of hydrogen-bond donors (Lipinski definition) is 2. The van der Waals surface area contributed by atoms with E-state index < -0.39 is 35.4 Å². The van der Waals surface area contributed by atoms with Crippen LogP contribution in [0.25, 0.3) is 0 Å². The lowest BCUT2D eigenvalue weighted by Gasteiger charge is -2.42. The third kappa shape index (κ3) is 6.10. The van der Waals surface area contributed by atoms with Crippen molar-refractivity contribution >= 4 is 40.4 Å². The third-order valence-electron chi connectivity index (χ3n) is 6.85. The zero-order chi connectivity index (χ0) is 27.5. The van der Waals surface area contributed by atoms with Gasteiger partial charge in [-0.05, 0) is 54.6 Å². The number of nitrogens with one attached hydrogen (secondary N) is 2. The van der Waals surface area contributed by atoms with Gasteiger partial charge in [-0.2, -0.15) is 0 Å². The normalized spacial score (nSPS) is 20.6. The van der Waals surface area contributed by atoms with Gasteiger partial charge in [-0.25, -0.2) is 8.78 Å². The summed E-state index contributed by atoms with van der Waals surface area (Å²) in [5.41, 5.74) is 0.336. The molecule has 0 aliphatic carbocycles. The van der Waals surface area contributed by atoms with Gasteiger partial charge in [0.15, 0.2) is 0 Å². The highest BCUT2D eigenvalue weighted by molar-refractivity contribution is 7.10. The summed E-state index contributed by atoms with van der Waals surface area (Å²) >= 11 is 1.50. The maximum Gasteiger partial charge on any atom is 0.257 e. The Morgan fingerprint density at radius 3 is 2.59 bits per heavy atom. The molecule has 3 heterocycles. The van der Waals surface area contributed by atoms with Gasteiger partial charge >= 0.3 is 0 Å². The molecule has 2 N–H and O–H groups in total. The molecule has 2 aliphatic rings. The van der Waals surface area contributed by atoms with Gasteiger partial charge in [0, 0.05) is 17.6 Å². The van der Waals surface area contributed by atoms with Crippen LogP contribution in [0.2, 0.25) is 0 Å². The fraction of sp³-hybridized carbons (Fsp3) is 0.321. The maximum absolute atomic E-state index is 13.9. The summed E-state index contributed by atoms with van der Waals surface area (Å²) in [4.78, 5) is 40.9. The standard InChI is InChI=1S/C28H27F2N3O5S/c1-33-22-9-8-17(13-25(34)32-27-20(29)5-2-6-21(27)30)38-24(22)15-37-23-10-7-16(12-19(23)28(33)36)31-26(35)14-18-4-3-11-39-18/h2-7,10-12,17,22,24H,8-9,13-15H2,1H3,(H,31,35)(H,32,34)/t17-,22+,24-/m1/s1. The van der Waals surface area contributed by atoms with Crippen LogP contribution in [0.5, 0.6) is 5.75 Å². The van der Waals surface area contributed by atoms with Crippen LogP contribution in [-0.4, -0.2) is 54.5 Å². The zero-order valence-electron chi connectivity index (χ0n) is 21.1. The summed E-state index contributed by atoms with van der Waals surface area (Å²) in [6.45, 7) is 0.138. The van der Waals surface area contributed by atoms with E-state index in [1.807, 2.05) is 17.5 Å². The van der Waals surface area contributed by atoms with Crippen molar-refractivity contribution in [1.29, 1.82) is 0 Å². The van der Waals surface area contributed by atoms with Gasteiger partial charge in [0.05, 0.1) is 30.6 Å². The molecule has 2 aromatic carbocycles. The second-order valence-corrected chi connectivity index (χ2v) is 10.6. The number of benzene rings is 2. The second-order valence-electron chi connectivity index (χ2n) is 9.53. The number of para-hydroxylation sites is 1.